The molecule has 0 aliphatic carbocycles. The first-order valence-corrected chi connectivity index (χ1v) is 13.4. The van der Waals surface area contributed by atoms with Crippen molar-refractivity contribution in [3.63, 3.8) is 0 Å². The highest BCUT2D eigenvalue weighted by molar-refractivity contribution is 7.98. The molecule has 0 spiro atoms. The molecule has 2 heterocycles. The summed E-state index contributed by atoms with van der Waals surface area (Å²) in [6, 6.07) is 12.8. The quantitative estimate of drug-likeness (QED) is 0.525. The number of hydrogen-bond donors (Lipinski definition) is 1. The number of anilines is 1. The van der Waals surface area contributed by atoms with E-state index in [9.17, 15) is 13.2 Å². The van der Waals surface area contributed by atoms with E-state index in [0.717, 1.165) is 41.2 Å². The summed E-state index contributed by atoms with van der Waals surface area (Å²) >= 11 is 1.63. The molecule has 0 bridgehead atoms. The normalized spacial score (nSPS) is 15.2. The van der Waals surface area contributed by atoms with Crippen molar-refractivity contribution in [1.29, 1.82) is 0 Å². The predicted octanol–water partition coefficient (Wildman–Crippen LogP) is 4.04. The molecule has 0 radical (unpaired) electrons. The molecule has 1 fully saturated rings. The number of thioether (sulfide) groups is 1. The summed E-state index contributed by atoms with van der Waals surface area (Å²) in [5.41, 5.74) is 2.26. The number of benzene rings is 2. The number of nitrogens with zero attached hydrogens (tertiary/aromatic N) is 3. The third-order valence-electron chi connectivity index (χ3n) is 5.83. The van der Waals surface area contributed by atoms with E-state index in [0.29, 0.717) is 31.4 Å². The van der Waals surface area contributed by atoms with Crippen LogP contribution in [0.2, 0.25) is 0 Å². The monoisotopic (exact) mass is 472 g/mol. The molecule has 3 aromatic rings. The average molecular weight is 473 g/mol. The fourth-order valence-corrected chi connectivity index (χ4v) is 6.01. The third kappa shape index (κ3) is 4.84. The molecule has 1 aliphatic heterocycles. The van der Waals surface area contributed by atoms with Gasteiger partial charge < -0.3 is 9.88 Å². The molecule has 1 aromatic heterocycles. The number of nitrogens with one attached hydrogen (secondary N) is 1. The van der Waals surface area contributed by atoms with Crippen LogP contribution in [-0.4, -0.2) is 47.5 Å². The minimum atomic E-state index is -3.50. The van der Waals surface area contributed by atoms with Gasteiger partial charge in [0.25, 0.3) is 0 Å². The van der Waals surface area contributed by atoms with E-state index in [2.05, 4.69) is 10.3 Å². The van der Waals surface area contributed by atoms with Gasteiger partial charge in [-0.2, -0.15) is 4.31 Å². The predicted molar refractivity (Wildman–Crippen MR) is 128 cm³/mol. The number of carbonyl (C=O) groups excluding carboxylic acids is 1. The smallest absolute Gasteiger partial charge is 0.243 e. The first-order valence-electron chi connectivity index (χ1n) is 10.8. The van der Waals surface area contributed by atoms with Crippen LogP contribution in [0, 0.1) is 0 Å². The molecule has 32 heavy (non-hydrogen) atoms. The van der Waals surface area contributed by atoms with E-state index in [1.165, 1.54) is 0 Å². The molecule has 1 N–H and O–H groups in total. The Labute approximate surface area is 193 Å². The van der Waals surface area contributed by atoms with E-state index in [1.807, 2.05) is 42.1 Å². The Hall–Kier alpha value is -2.36. The molecule has 1 aliphatic rings. The molecule has 1 amide bonds. The Kier molecular flexibility index (Phi) is 6.88. The SMILES string of the molecule is CSc1cccc(NC(=O)CCc2nc3cc(S(=O)(=O)N4CCCCC4)ccc3n2C)c1. The van der Waals surface area contributed by atoms with Crippen LogP contribution in [-0.2, 0) is 28.3 Å². The number of rotatable bonds is 7. The zero-order valence-electron chi connectivity index (χ0n) is 18.4. The second-order valence-electron chi connectivity index (χ2n) is 7.98. The van der Waals surface area contributed by atoms with Crippen LogP contribution in [0.1, 0.15) is 31.5 Å². The molecule has 0 atom stereocenters. The van der Waals surface area contributed by atoms with Crippen molar-refractivity contribution < 1.29 is 13.2 Å². The molecule has 7 nitrogen and oxygen atoms in total. The van der Waals surface area contributed by atoms with E-state index in [4.69, 9.17) is 0 Å². The number of sulfonamides is 1. The van der Waals surface area contributed by atoms with Crippen molar-refractivity contribution in [2.24, 2.45) is 7.05 Å². The molecule has 4 rings (SSSR count). The van der Waals surface area contributed by atoms with Crippen LogP contribution in [0.15, 0.2) is 52.3 Å². The van der Waals surface area contributed by atoms with Crippen LogP contribution in [0.3, 0.4) is 0 Å². The summed E-state index contributed by atoms with van der Waals surface area (Å²) in [4.78, 5) is 18.4. The minimum absolute atomic E-state index is 0.0799. The largest absolute Gasteiger partial charge is 0.331 e. The lowest BCUT2D eigenvalue weighted by Crippen LogP contribution is -2.35. The first-order chi connectivity index (χ1) is 15.4. The number of hydrogen-bond acceptors (Lipinski definition) is 5. The van der Waals surface area contributed by atoms with Crippen LogP contribution < -0.4 is 5.32 Å². The van der Waals surface area contributed by atoms with Gasteiger partial charge in [-0.15, -0.1) is 11.8 Å². The van der Waals surface area contributed by atoms with Gasteiger partial charge in [0.1, 0.15) is 5.82 Å². The second kappa shape index (κ2) is 9.64. The van der Waals surface area contributed by atoms with Gasteiger partial charge in [-0.1, -0.05) is 12.5 Å². The summed E-state index contributed by atoms with van der Waals surface area (Å²) in [6.07, 6.45) is 5.63. The van der Waals surface area contributed by atoms with Gasteiger partial charge >= 0.3 is 0 Å². The lowest BCUT2D eigenvalue weighted by Gasteiger charge is -2.25. The van der Waals surface area contributed by atoms with Crippen molar-refractivity contribution >= 4 is 44.4 Å². The molecule has 2 aromatic carbocycles. The van der Waals surface area contributed by atoms with Crippen molar-refractivity contribution in [2.75, 3.05) is 24.7 Å². The first kappa shape index (κ1) is 22.8. The van der Waals surface area contributed by atoms with Crippen molar-refractivity contribution in [3.8, 4) is 0 Å². The van der Waals surface area contributed by atoms with Gasteiger partial charge in [-0.25, -0.2) is 13.4 Å². The third-order valence-corrected chi connectivity index (χ3v) is 8.45. The van der Waals surface area contributed by atoms with Gasteiger partial charge in [0.2, 0.25) is 15.9 Å². The molecule has 1 saturated heterocycles. The topological polar surface area (TPSA) is 84.3 Å². The fraction of sp³-hybridized carbons (Fsp3) is 0.391. The number of carbonyl (C=O) groups is 1. The highest BCUT2D eigenvalue weighted by atomic mass is 32.2. The van der Waals surface area contributed by atoms with Crippen LogP contribution in [0.4, 0.5) is 5.69 Å². The number of amides is 1. The van der Waals surface area contributed by atoms with Gasteiger partial charge in [0, 0.05) is 43.6 Å². The Morgan fingerprint density at radius 1 is 1.12 bits per heavy atom. The number of imidazole rings is 1. The van der Waals surface area contributed by atoms with Crippen molar-refractivity contribution in [3.05, 3.63) is 48.3 Å². The maximum Gasteiger partial charge on any atom is 0.243 e. The summed E-state index contributed by atoms with van der Waals surface area (Å²) in [5, 5.41) is 2.93. The Balaban J connectivity index is 1.47. The maximum absolute atomic E-state index is 13.0. The highest BCUT2D eigenvalue weighted by Crippen LogP contribution is 2.25. The number of aromatic nitrogens is 2. The van der Waals surface area contributed by atoms with Gasteiger partial charge in [-0.05, 0) is 55.5 Å². The maximum atomic E-state index is 13.0. The number of aryl methyl sites for hydroxylation is 2. The number of fused-ring (bicyclic) bond motifs is 1. The molecule has 170 valence electrons. The molecular formula is C23H28N4O3S2. The summed E-state index contributed by atoms with van der Waals surface area (Å²) in [6.45, 7) is 1.14. The molecular weight excluding hydrogens is 444 g/mol. The Morgan fingerprint density at radius 2 is 1.91 bits per heavy atom. The second-order valence-corrected chi connectivity index (χ2v) is 10.8. The van der Waals surface area contributed by atoms with Crippen LogP contribution in [0.5, 0.6) is 0 Å². The van der Waals surface area contributed by atoms with Crippen molar-refractivity contribution in [2.45, 2.75) is 41.9 Å². The van der Waals surface area contributed by atoms with E-state index in [-0.39, 0.29) is 10.8 Å². The zero-order valence-corrected chi connectivity index (χ0v) is 20.0. The lowest BCUT2D eigenvalue weighted by atomic mass is 10.2. The Bertz CT molecular complexity index is 1230. The lowest BCUT2D eigenvalue weighted by molar-refractivity contribution is -0.116. The summed E-state index contributed by atoms with van der Waals surface area (Å²) in [7, 11) is -1.61. The summed E-state index contributed by atoms with van der Waals surface area (Å²) < 4.78 is 29.5. The van der Waals surface area contributed by atoms with Crippen LogP contribution >= 0.6 is 11.8 Å². The van der Waals surface area contributed by atoms with E-state index < -0.39 is 10.0 Å². The average Bonchev–Trinajstić information content (AvgIpc) is 3.13. The van der Waals surface area contributed by atoms with Gasteiger partial charge in [0.15, 0.2) is 0 Å². The minimum Gasteiger partial charge on any atom is -0.331 e. The van der Waals surface area contributed by atoms with Gasteiger partial charge in [0.05, 0.1) is 15.9 Å². The Morgan fingerprint density at radius 3 is 2.66 bits per heavy atom. The zero-order chi connectivity index (χ0) is 22.7. The number of piperidine rings is 1. The van der Waals surface area contributed by atoms with E-state index >= 15 is 0 Å². The van der Waals surface area contributed by atoms with Crippen molar-refractivity contribution in [1.82, 2.24) is 13.9 Å². The molecule has 0 unspecified atom stereocenters. The molecule has 0 saturated carbocycles. The van der Waals surface area contributed by atoms with Gasteiger partial charge in [-0.3, -0.25) is 4.79 Å². The van der Waals surface area contributed by atoms with Crippen LogP contribution in [0.25, 0.3) is 11.0 Å². The fourth-order valence-electron chi connectivity index (χ4n) is 4.02. The summed E-state index contributed by atoms with van der Waals surface area (Å²) in [5.74, 6) is 0.671. The standard InChI is InChI=1S/C23H28N4O3S2/c1-26-21-10-9-19(32(29,30)27-13-4-3-5-14-27)16-20(21)25-22(26)11-12-23(28)24-17-7-6-8-18(15-17)31-2/h6-10,15-16H,3-5,11-14H2,1-2H3,(H,24,28). The highest BCUT2D eigenvalue weighted by Gasteiger charge is 2.26. The molecule has 9 heteroatoms. The van der Waals surface area contributed by atoms with E-state index in [1.54, 1.807) is 34.3 Å².